The lowest BCUT2D eigenvalue weighted by Gasteiger charge is -2.31. The topological polar surface area (TPSA) is 58.6 Å². The fraction of sp³-hybridized carbons (Fsp3) is 0.417. The van der Waals surface area contributed by atoms with Gasteiger partial charge in [-0.3, -0.25) is 9.59 Å². The molecule has 1 saturated heterocycles. The molecule has 3 rings (SSSR count). The molecule has 2 aromatic carbocycles. The summed E-state index contributed by atoms with van der Waals surface area (Å²) in [5, 5.41) is 2.96. The van der Waals surface area contributed by atoms with Crippen LogP contribution in [0.2, 0.25) is 0 Å². The minimum atomic E-state index is -0.00146. The molecule has 154 valence electrons. The highest BCUT2D eigenvalue weighted by atomic mass is 16.5. The van der Waals surface area contributed by atoms with Gasteiger partial charge in [0.1, 0.15) is 12.4 Å². The number of aryl methyl sites for hydroxylation is 1. The Balaban J connectivity index is 1.55. The van der Waals surface area contributed by atoms with Gasteiger partial charge in [0.25, 0.3) is 5.91 Å². The molecule has 0 saturated carbocycles. The van der Waals surface area contributed by atoms with Crippen molar-refractivity contribution in [3.63, 3.8) is 0 Å². The molecule has 2 aromatic rings. The number of ether oxygens (including phenoxy) is 1. The van der Waals surface area contributed by atoms with Gasteiger partial charge in [-0.1, -0.05) is 42.8 Å². The van der Waals surface area contributed by atoms with Gasteiger partial charge in [-0.25, -0.2) is 0 Å². The third kappa shape index (κ3) is 5.83. The van der Waals surface area contributed by atoms with Crippen molar-refractivity contribution < 1.29 is 14.3 Å². The molecule has 0 unspecified atom stereocenters. The molecule has 1 N–H and O–H groups in total. The Morgan fingerprint density at radius 1 is 1.10 bits per heavy atom. The van der Waals surface area contributed by atoms with Gasteiger partial charge < -0.3 is 15.0 Å². The van der Waals surface area contributed by atoms with E-state index in [-0.39, 0.29) is 17.7 Å². The second-order valence-corrected chi connectivity index (χ2v) is 7.66. The molecule has 0 spiro atoms. The van der Waals surface area contributed by atoms with Crippen molar-refractivity contribution in [1.29, 1.82) is 0 Å². The van der Waals surface area contributed by atoms with Crippen LogP contribution in [0.15, 0.2) is 48.5 Å². The molecule has 29 heavy (non-hydrogen) atoms. The van der Waals surface area contributed by atoms with E-state index in [0.717, 1.165) is 12.0 Å². The number of hydrogen-bond donors (Lipinski definition) is 1. The van der Waals surface area contributed by atoms with E-state index in [4.69, 9.17) is 4.74 Å². The Morgan fingerprint density at radius 2 is 1.86 bits per heavy atom. The number of carbonyl (C=O) groups excluding carboxylic acids is 2. The summed E-state index contributed by atoms with van der Waals surface area (Å²) in [6, 6.07) is 15.5. The molecular weight excluding hydrogens is 364 g/mol. The zero-order valence-electron chi connectivity index (χ0n) is 17.3. The molecule has 2 amide bonds. The van der Waals surface area contributed by atoms with Gasteiger partial charge in [-0.05, 0) is 49.9 Å². The third-order valence-corrected chi connectivity index (χ3v) is 5.27. The minimum absolute atomic E-state index is 0.00146. The SMILES string of the molecule is CCCNC(=O)C1CCN(C(=O)c2cccc(OCc3cccc(C)c3)c2)CC1. The van der Waals surface area contributed by atoms with Crippen LogP contribution in [-0.4, -0.2) is 36.3 Å². The van der Waals surface area contributed by atoms with E-state index >= 15 is 0 Å². The summed E-state index contributed by atoms with van der Waals surface area (Å²) >= 11 is 0. The molecule has 1 heterocycles. The monoisotopic (exact) mass is 394 g/mol. The van der Waals surface area contributed by atoms with E-state index in [9.17, 15) is 9.59 Å². The maximum Gasteiger partial charge on any atom is 0.253 e. The largest absolute Gasteiger partial charge is 0.489 e. The zero-order chi connectivity index (χ0) is 20.6. The highest BCUT2D eigenvalue weighted by Crippen LogP contribution is 2.21. The average Bonchev–Trinajstić information content (AvgIpc) is 2.76. The van der Waals surface area contributed by atoms with Crippen molar-refractivity contribution >= 4 is 11.8 Å². The summed E-state index contributed by atoms with van der Waals surface area (Å²) in [7, 11) is 0. The Labute approximate surface area is 173 Å². The molecule has 0 atom stereocenters. The number of piperidine rings is 1. The summed E-state index contributed by atoms with van der Waals surface area (Å²) in [6.07, 6.45) is 2.36. The highest BCUT2D eigenvalue weighted by molar-refractivity contribution is 5.94. The van der Waals surface area contributed by atoms with E-state index in [2.05, 4.69) is 24.4 Å². The number of nitrogens with one attached hydrogen (secondary N) is 1. The molecule has 5 nitrogen and oxygen atoms in total. The van der Waals surface area contributed by atoms with Crippen molar-refractivity contribution in [3.8, 4) is 5.75 Å². The number of amides is 2. The lowest BCUT2D eigenvalue weighted by molar-refractivity contribution is -0.126. The van der Waals surface area contributed by atoms with Crippen molar-refractivity contribution in [2.45, 2.75) is 39.7 Å². The average molecular weight is 395 g/mol. The van der Waals surface area contributed by atoms with Crippen LogP contribution < -0.4 is 10.1 Å². The number of likely N-dealkylation sites (tertiary alicyclic amines) is 1. The van der Waals surface area contributed by atoms with Crippen LogP contribution in [0.1, 0.15) is 47.7 Å². The van der Waals surface area contributed by atoms with E-state index in [0.29, 0.717) is 50.4 Å². The van der Waals surface area contributed by atoms with Gasteiger partial charge in [-0.2, -0.15) is 0 Å². The molecule has 0 aromatic heterocycles. The molecule has 1 fully saturated rings. The first-order valence-electron chi connectivity index (χ1n) is 10.4. The fourth-order valence-corrected chi connectivity index (χ4v) is 3.61. The predicted octanol–water partition coefficient (Wildman–Crippen LogP) is 3.95. The van der Waals surface area contributed by atoms with E-state index in [1.807, 2.05) is 42.2 Å². The van der Waals surface area contributed by atoms with Crippen molar-refractivity contribution in [2.75, 3.05) is 19.6 Å². The van der Waals surface area contributed by atoms with Crippen LogP contribution in [0.5, 0.6) is 5.75 Å². The first-order chi connectivity index (χ1) is 14.1. The Kier molecular flexibility index (Phi) is 7.28. The first-order valence-corrected chi connectivity index (χ1v) is 10.4. The van der Waals surface area contributed by atoms with Crippen LogP contribution in [-0.2, 0) is 11.4 Å². The molecule has 1 aliphatic heterocycles. The third-order valence-electron chi connectivity index (χ3n) is 5.27. The quantitative estimate of drug-likeness (QED) is 0.773. The van der Waals surface area contributed by atoms with Gasteiger partial charge >= 0.3 is 0 Å². The Morgan fingerprint density at radius 3 is 2.59 bits per heavy atom. The van der Waals surface area contributed by atoms with Gasteiger partial charge in [-0.15, -0.1) is 0 Å². The van der Waals surface area contributed by atoms with Crippen LogP contribution >= 0.6 is 0 Å². The number of nitrogens with zero attached hydrogens (tertiary/aromatic N) is 1. The zero-order valence-corrected chi connectivity index (χ0v) is 17.3. The van der Waals surface area contributed by atoms with E-state index in [1.165, 1.54) is 5.56 Å². The van der Waals surface area contributed by atoms with Gasteiger partial charge in [0.15, 0.2) is 0 Å². The summed E-state index contributed by atoms with van der Waals surface area (Å²) in [6.45, 7) is 6.50. The number of hydrogen-bond acceptors (Lipinski definition) is 3. The van der Waals surface area contributed by atoms with Crippen molar-refractivity contribution in [2.24, 2.45) is 5.92 Å². The van der Waals surface area contributed by atoms with Crippen molar-refractivity contribution in [3.05, 3.63) is 65.2 Å². The van der Waals surface area contributed by atoms with E-state index in [1.54, 1.807) is 6.07 Å². The fourth-order valence-electron chi connectivity index (χ4n) is 3.61. The molecule has 0 aliphatic carbocycles. The maximum absolute atomic E-state index is 12.9. The second-order valence-electron chi connectivity index (χ2n) is 7.66. The minimum Gasteiger partial charge on any atom is -0.489 e. The number of carbonyl (C=O) groups is 2. The van der Waals surface area contributed by atoms with Gasteiger partial charge in [0.05, 0.1) is 0 Å². The standard InChI is InChI=1S/C24H30N2O3/c1-3-12-25-23(27)20-10-13-26(14-11-20)24(28)21-8-5-9-22(16-21)29-17-19-7-4-6-18(2)15-19/h4-9,15-16,20H,3,10-14,17H2,1-2H3,(H,25,27). The second kappa shape index (κ2) is 10.1. The molecule has 0 radical (unpaired) electrons. The van der Waals surface area contributed by atoms with Crippen LogP contribution in [0.25, 0.3) is 0 Å². The normalized spacial score (nSPS) is 14.5. The first kappa shape index (κ1) is 20.9. The lowest BCUT2D eigenvalue weighted by Crippen LogP contribution is -2.43. The van der Waals surface area contributed by atoms with Gasteiger partial charge in [0, 0.05) is 31.1 Å². The Hall–Kier alpha value is -2.82. The summed E-state index contributed by atoms with van der Waals surface area (Å²) in [4.78, 5) is 26.9. The summed E-state index contributed by atoms with van der Waals surface area (Å²) in [5.41, 5.74) is 2.92. The molecular formula is C24H30N2O3. The van der Waals surface area contributed by atoms with Crippen LogP contribution in [0.3, 0.4) is 0 Å². The van der Waals surface area contributed by atoms with Gasteiger partial charge in [0.2, 0.25) is 5.91 Å². The molecule has 0 bridgehead atoms. The number of rotatable bonds is 7. The van der Waals surface area contributed by atoms with Crippen LogP contribution in [0.4, 0.5) is 0 Å². The number of benzene rings is 2. The molecule has 5 heteroatoms. The summed E-state index contributed by atoms with van der Waals surface area (Å²) < 4.78 is 5.89. The highest BCUT2D eigenvalue weighted by Gasteiger charge is 2.27. The van der Waals surface area contributed by atoms with E-state index < -0.39 is 0 Å². The predicted molar refractivity (Wildman–Crippen MR) is 114 cm³/mol. The van der Waals surface area contributed by atoms with Crippen molar-refractivity contribution in [1.82, 2.24) is 10.2 Å². The Bertz CT molecular complexity index is 842. The maximum atomic E-state index is 12.9. The molecule has 1 aliphatic rings. The smallest absolute Gasteiger partial charge is 0.253 e. The summed E-state index contributed by atoms with van der Waals surface area (Å²) in [5.74, 6) is 0.810. The van der Waals surface area contributed by atoms with Crippen LogP contribution in [0, 0.1) is 12.8 Å². The lowest BCUT2D eigenvalue weighted by atomic mass is 9.95.